The Hall–Kier alpha value is -1.23. The third-order valence-corrected chi connectivity index (χ3v) is 5.92. The largest absolute Gasteiger partial charge is 0.496 e. The quantitative estimate of drug-likeness (QED) is 0.694. The van der Waals surface area contributed by atoms with Crippen molar-refractivity contribution >= 4 is 24.2 Å². The first-order valence-electron chi connectivity index (χ1n) is 8.51. The lowest BCUT2D eigenvalue weighted by atomic mass is 10.1. The van der Waals surface area contributed by atoms with Crippen LogP contribution in [0.4, 0.5) is 4.39 Å². The number of thioether (sulfide) groups is 1. The van der Waals surface area contributed by atoms with Gasteiger partial charge in [-0.05, 0) is 62.2 Å². The molecule has 0 atom stereocenters. The van der Waals surface area contributed by atoms with Crippen LogP contribution >= 0.6 is 24.2 Å². The summed E-state index contributed by atoms with van der Waals surface area (Å²) in [5.74, 6) is 0.814. The van der Waals surface area contributed by atoms with Crippen LogP contribution in [0.1, 0.15) is 18.4 Å². The van der Waals surface area contributed by atoms with Crippen molar-refractivity contribution in [1.82, 2.24) is 4.90 Å². The van der Waals surface area contributed by atoms with Crippen LogP contribution in [-0.4, -0.2) is 36.9 Å². The van der Waals surface area contributed by atoms with Crippen molar-refractivity contribution in [3.63, 3.8) is 0 Å². The summed E-state index contributed by atoms with van der Waals surface area (Å²) in [6, 6.07) is 15.1. The summed E-state index contributed by atoms with van der Waals surface area (Å²) in [6.45, 7) is 3.32. The second-order valence-electron chi connectivity index (χ2n) is 6.19. The third kappa shape index (κ3) is 5.91. The normalized spacial score (nSPS) is 15.6. The van der Waals surface area contributed by atoms with E-state index in [0.29, 0.717) is 5.25 Å². The molecule has 0 aliphatic carbocycles. The highest BCUT2D eigenvalue weighted by Crippen LogP contribution is 2.35. The zero-order chi connectivity index (χ0) is 16.8. The first-order valence-corrected chi connectivity index (χ1v) is 9.39. The van der Waals surface area contributed by atoms with Crippen LogP contribution in [0, 0.1) is 5.82 Å². The van der Waals surface area contributed by atoms with E-state index in [4.69, 9.17) is 4.74 Å². The Morgan fingerprint density at radius 2 is 1.76 bits per heavy atom. The molecule has 1 heterocycles. The van der Waals surface area contributed by atoms with Gasteiger partial charge in [-0.15, -0.1) is 24.2 Å². The highest BCUT2D eigenvalue weighted by atomic mass is 35.5. The lowest BCUT2D eigenvalue weighted by molar-refractivity contribution is 0.235. The topological polar surface area (TPSA) is 12.5 Å². The van der Waals surface area contributed by atoms with E-state index in [1.54, 1.807) is 19.2 Å². The van der Waals surface area contributed by atoms with Crippen LogP contribution < -0.4 is 4.74 Å². The van der Waals surface area contributed by atoms with Gasteiger partial charge in [-0.25, -0.2) is 4.39 Å². The minimum Gasteiger partial charge on any atom is -0.496 e. The number of para-hydroxylation sites is 1. The summed E-state index contributed by atoms with van der Waals surface area (Å²) in [6.07, 6.45) is 3.39. The van der Waals surface area contributed by atoms with Gasteiger partial charge >= 0.3 is 0 Å². The number of rotatable bonds is 6. The van der Waals surface area contributed by atoms with Crippen molar-refractivity contribution in [3.05, 3.63) is 59.9 Å². The van der Waals surface area contributed by atoms with Crippen molar-refractivity contribution in [2.24, 2.45) is 0 Å². The molecule has 2 nitrogen and oxygen atoms in total. The summed E-state index contributed by atoms with van der Waals surface area (Å²) >= 11 is 1.94. The fraction of sp³-hybridized carbons (Fsp3) is 0.400. The maximum absolute atomic E-state index is 12.9. The highest BCUT2D eigenvalue weighted by Gasteiger charge is 2.20. The Labute approximate surface area is 160 Å². The predicted molar refractivity (Wildman–Crippen MR) is 106 cm³/mol. The first kappa shape index (κ1) is 20.1. The standard InChI is InChI=1S/C20H24FNOS.ClH/c1-23-19-4-2-3-5-20(19)24-18-11-14-22(15-12-18)13-10-16-6-8-17(21)9-7-16;/h2-9,18H,10-15H2,1H3;1H. The van der Waals surface area contributed by atoms with Gasteiger partial charge in [-0.3, -0.25) is 0 Å². The molecular formula is C20H25ClFNOS. The number of nitrogens with zero attached hydrogens (tertiary/aromatic N) is 1. The van der Waals surface area contributed by atoms with Crippen LogP contribution in [0.15, 0.2) is 53.4 Å². The molecule has 0 spiro atoms. The van der Waals surface area contributed by atoms with Gasteiger partial charge in [0.2, 0.25) is 0 Å². The maximum atomic E-state index is 12.9. The van der Waals surface area contributed by atoms with E-state index in [0.717, 1.165) is 31.8 Å². The molecule has 0 bridgehead atoms. The number of piperidine rings is 1. The Bertz CT molecular complexity index is 644. The fourth-order valence-corrected chi connectivity index (χ4v) is 4.32. The molecule has 1 aliphatic heterocycles. The van der Waals surface area contributed by atoms with Gasteiger partial charge in [-0.2, -0.15) is 0 Å². The lowest BCUT2D eigenvalue weighted by Gasteiger charge is -2.31. The van der Waals surface area contributed by atoms with Crippen molar-refractivity contribution in [2.45, 2.75) is 29.4 Å². The molecule has 1 aliphatic rings. The van der Waals surface area contributed by atoms with E-state index in [1.807, 2.05) is 36.0 Å². The number of hydrogen-bond acceptors (Lipinski definition) is 3. The molecule has 136 valence electrons. The highest BCUT2D eigenvalue weighted by molar-refractivity contribution is 8.00. The fourth-order valence-electron chi connectivity index (χ4n) is 3.08. The molecule has 2 aromatic carbocycles. The van der Waals surface area contributed by atoms with E-state index in [1.165, 1.54) is 23.3 Å². The van der Waals surface area contributed by atoms with Crippen LogP contribution in [0.2, 0.25) is 0 Å². The number of methoxy groups -OCH3 is 1. The van der Waals surface area contributed by atoms with Crippen LogP contribution in [-0.2, 0) is 6.42 Å². The molecule has 0 N–H and O–H groups in total. The van der Waals surface area contributed by atoms with E-state index >= 15 is 0 Å². The van der Waals surface area contributed by atoms with Crippen LogP contribution in [0.25, 0.3) is 0 Å². The summed E-state index contributed by atoms with van der Waals surface area (Å²) in [5.41, 5.74) is 1.21. The van der Waals surface area contributed by atoms with Gasteiger partial charge in [0.05, 0.1) is 7.11 Å². The van der Waals surface area contributed by atoms with Crippen LogP contribution in [0.3, 0.4) is 0 Å². The predicted octanol–water partition coefficient (Wildman–Crippen LogP) is 5.06. The van der Waals surface area contributed by atoms with E-state index < -0.39 is 0 Å². The first-order chi connectivity index (χ1) is 11.7. The summed E-state index contributed by atoms with van der Waals surface area (Å²) in [5, 5.41) is 0.656. The average molecular weight is 382 g/mol. The Balaban J connectivity index is 0.00000225. The van der Waals surface area contributed by atoms with E-state index in [-0.39, 0.29) is 18.2 Å². The number of ether oxygens (including phenoxy) is 1. The van der Waals surface area contributed by atoms with E-state index in [9.17, 15) is 4.39 Å². The van der Waals surface area contributed by atoms with Gasteiger partial charge in [0.25, 0.3) is 0 Å². The van der Waals surface area contributed by atoms with Gasteiger partial charge in [0.15, 0.2) is 0 Å². The average Bonchev–Trinajstić information content (AvgIpc) is 2.63. The number of hydrogen-bond donors (Lipinski definition) is 0. The lowest BCUT2D eigenvalue weighted by Crippen LogP contribution is -2.36. The maximum Gasteiger partial charge on any atom is 0.132 e. The number of likely N-dealkylation sites (tertiary alicyclic amines) is 1. The number of halogens is 2. The van der Waals surface area contributed by atoms with Crippen LogP contribution in [0.5, 0.6) is 5.75 Å². The van der Waals surface area contributed by atoms with Gasteiger partial charge in [0.1, 0.15) is 11.6 Å². The molecule has 2 aromatic rings. The molecule has 0 unspecified atom stereocenters. The van der Waals surface area contributed by atoms with Crippen molar-refractivity contribution < 1.29 is 9.13 Å². The monoisotopic (exact) mass is 381 g/mol. The third-order valence-electron chi connectivity index (χ3n) is 4.53. The molecule has 3 rings (SSSR count). The zero-order valence-electron chi connectivity index (χ0n) is 14.5. The molecule has 0 amide bonds. The van der Waals surface area contributed by atoms with E-state index in [2.05, 4.69) is 17.0 Å². The molecular weight excluding hydrogens is 357 g/mol. The molecule has 5 heteroatoms. The minimum atomic E-state index is -0.159. The Kier molecular flexibility index (Phi) is 8.07. The van der Waals surface area contributed by atoms with Gasteiger partial charge in [0, 0.05) is 16.7 Å². The molecule has 0 radical (unpaired) electrons. The molecule has 0 aromatic heterocycles. The molecule has 1 saturated heterocycles. The smallest absolute Gasteiger partial charge is 0.132 e. The second kappa shape index (κ2) is 10.0. The molecule has 0 saturated carbocycles. The van der Waals surface area contributed by atoms with Crippen molar-refractivity contribution in [1.29, 1.82) is 0 Å². The Morgan fingerprint density at radius 3 is 2.44 bits per heavy atom. The summed E-state index contributed by atoms with van der Waals surface area (Å²) in [4.78, 5) is 3.76. The van der Waals surface area contributed by atoms with Crippen molar-refractivity contribution in [3.8, 4) is 5.75 Å². The summed E-state index contributed by atoms with van der Waals surface area (Å²) < 4.78 is 18.4. The molecule has 1 fully saturated rings. The summed E-state index contributed by atoms with van der Waals surface area (Å²) in [7, 11) is 1.73. The Morgan fingerprint density at radius 1 is 1.08 bits per heavy atom. The second-order valence-corrected chi connectivity index (χ2v) is 7.53. The molecule has 25 heavy (non-hydrogen) atoms. The zero-order valence-corrected chi connectivity index (χ0v) is 16.1. The van der Waals surface area contributed by atoms with Gasteiger partial charge in [-0.1, -0.05) is 24.3 Å². The number of benzene rings is 2. The minimum absolute atomic E-state index is 0. The van der Waals surface area contributed by atoms with Crippen molar-refractivity contribution in [2.75, 3.05) is 26.7 Å². The van der Waals surface area contributed by atoms with Gasteiger partial charge < -0.3 is 9.64 Å². The SMILES string of the molecule is COc1ccccc1SC1CCN(CCc2ccc(F)cc2)CC1.Cl.